The Balaban J connectivity index is 2.11. The van der Waals surface area contributed by atoms with Gasteiger partial charge in [-0.05, 0) is 29.1 Å². The van der Waals surface area contributed by atoms with Crippen LogP contribution < -0.4 is 11.1 Å². The number of aliphatic carboxylic acids is 1. The lowest BCUT2D eigenvalue weighted by atomic mass is 10.1. The molecule has 0 saturated carbocycles. The maximum absolute atomic E-state index is 12.2. The van der Waals surface area contributed by atoms with E-state index in [1.54, 1.807) is 24.3 Å². The molecule has 6 heteroatoms. The van der Waals surface area contributed by atoms with Crippen molar-refractivity contribution in [2.24, 2.45) is 5.73 Å². The lowest BCUT2D eigenvalue weighted by molar-refractivity contribution is -0.137. The van der Waals surface area contributed by atoms with Crippen LogP contribution in [0.1, 0.15) is 33.3 Å². The van der Waals surface area contributed by atoms with Gasteiger partial charge in [-0.2, -0.15) is 0 Å². The number of carbonyl (C=O) groups excluding carboxylic acids is 1. The Morgan fingerprint density at radius 1 is 1.24 bits per heavy atom. The number of carboxylic acid groups (broad SMARTS) is 1. The normalized spacial score (nSPS) is 11.9. The van der Waals surface area contributed by atoms with Crippen LogP contribution in [0, 0.1) is 0 Å². The fourth-order valence-electron chi connectivity index (χ4n) is 1.92. The van der Waals surface area contributed by atoms with Crippen LogP contribution in [0.3, 0.4) is 0 Å². The van der Waals surface area contributed by atoms with Gasteiger partial charge in [-0.15, -0.1) is 11.3 Å². The van der Waals surface area contributed by atoms with Gasteiger partial charge in [-0.3, -0.25) is 9.59 Å². The molecule has 1 amide bonds. The Bertz CT molecular complexity index is 608. The average Bonchev–Trinajstić information content (AvgIpc) is 3.00. The van der Waals surface area contributed by atoms with E-state index in [2.05, 4.69) is 5.32 Å². The van der Waals surface area contributed by atoms with E-state index >= 15 is 0 Å². The molecule has 21 heavy (non-hydrogen) atoms. The van der Waals surface area contributed by atoms with Crippen LogP contribution in [0.25, 0.3) is 0 Å². The van der Waals surface area contributed by atoms with Gasteiger partial charge in [0, 0.05) is 17.0 Å². The van der Waals surface area contributed by atoms with Gasteiger partial charge in [0.2, 0.25) is 0 Å². The van der Waals surface area contributed by atoms with Crippen molar-refractivity contribution in [3.63, 3.8) is 0 Å². The van der Waals surface area contributed by atoms with E-state index in [1.165, 1.54) is 11.3 Å². The summed E-state index contributed by atoms with van der Waals surface area (Å²) in [6.07, 6.45) is -0.146. The van der Waals surface area contributed by atoms with Crippen LogP contribution in [0.2, 0.25) is 0 Å². The van der Waals surface area contributed by atoms with E-state index in [1.807, 2.05) is 17.5 Å². The Morgan fingerprint density at radius 2 is 1.95 bits per heavy atom. The zero-order valence-corrected chi connectivity index (χ0v) is 12.1. The first-order valence-corrected chi connectivity index (χ1v) is 7.33. The molecule has 1 heterocycles. The average molecular weight is 304 g/mol. The first kappa shape index (κ1) is 15.2. The first-order valence-electron chi connectivity index (χ1n) is 6.45. The zero-order chi connectivity index (χ0) is 15.2. The molecule has 0 aliphatic carbocycles. The third kappa shape index (κ3) is 4.14. The lowest BCUT2D eigenvalue weighted by Crippen LogP contribution is -2.29. The number of carboxylic acids is 1. The molecule has 1 unspecified atom stereocenters. The van der Waals surface area contributed by atoms with Crippen LogP contribution in [-0.2, 0) is 11.3 Å². The van der Waals surface area contributed by atoms with E-state index < -0.39 is 12.0 Å². The summed E-state index contributed by atoms with van der Waals surface area (Å²) in [5.74, 6) is -1.24. The summed E-state index contributed by atoms with van der Waals surface area (Å²) < 4.78 is 0. The van der Waals surface area contributed by atoms with Crippen molar-refractivity contribution in [1.82, 2.24) is 5.32 Å². The summed E-state index contributed by atoms with van der Waals surface area (Å²) in [4.78, 5) is 24.0. The predicted octanol–water partition coefficient (Wildman–Crippen LogP) is 2.15. The lowest BCUT2D eigenvalue weighted by Gasteiger charge is -2.15. The SMILES string of the molecule is NCc1ccc(C(=O)NC(CC(=O)O)c2cccs2)cc1. The van der Waals surface area contributed by atoms with Crippen molar-refractivity contribution in [2.75, 3.05) is 0 Å². The molecule has 1 aromatic carbocycles. The number of nitrogens with one attached hydrogen (secondary N) is 1. The standard InChI is InChI=1S/C15H16N2O3S/c16-9-10-3-5-11(6-4-10)15(20)17-12(8-14(18)19)13-2-1-7-21-13/h1-7,12H,8-9,16H2,(H,17,20)(H,18,19). The van der Waals surface area contributed by atoms with Crippen molar-refractivity contribution in [1.29, 1.82) is 0 Å². The van der Waals surface area contributed by atoms with E-state index in [0.29, 0.717) is 12.1 Å². The topological polar surface area (TPSA) is 92.4 Å². The summed E-state index contributed by atoms with van der Waals surface area (Å²) in [6.45, 7) is 0.415. The molecule has 0 fully saturated rings. The summed E-state index contributed by atoms with van der Waals surface area (Å²) in [5.41, 5.74) is 6.93. The number of carbonyl (C=O) groups is 2. The van der Waals surface area contributed by atoms with E-state index in [-0.39, 0.29) is 12.3 Å². The first-order chi connectivity index (χ1) is 10.1. The van der Waals surface area contributed by atoms with Gasteiger partial charge in [-0.1, -0.05) is 18.2 Å². The maximum atomic E-state index is 12.2. The molecule has 0 aliphatic heterocycles. The van der Waals surface area contributed by atoms with Crippen molar-refractivity contribution >= 4 is 23.2 Å². The number of thiophene rings is 1. The quantitative estimate of drug-likeness (QED) is 0.762. The number of hydrogen-bond acceptors (Lipinski definition) is 4. The largest absolute Gasteiger partial charge is 0.481 e. The molecule has 1 aromatic heterocycles. The molecular formula is C15H16N2O3S. The van der Waals surface area contributed by atoms with E-state index in [4.69, 9.17) is 10.8 Å². The van der Waals surface area contributed by atoms with E-state index in [0.717, 1.165) is 10.4 Å². The number of benzene rings is 1. The molecular weight excluding hydrogens is 288 g/mol. The molecule has 1 atom stereocenters. The van der Waals surface area contributed by atoms with Crippen molar-refractivity contribution in [3.8, 4) is 0 Å². The van der Waals surface area contributed by atoms with Gasteiger partial charge >= 0.3 is 5.97 Å². The van der Waals surface area contributed by atoms with Crippen LogP contribution in [0.15, 0.2) is 41.8 Å². The van der Waals surface area contributed by atoms with Gasteiger partial charge in [-0.25, -0.2) is 0 Å². The van der Waals surface area contributed by atoms with Crippen molar-refractivity contribution in [3.05, 3.63) is 57.8 Å². The molecule has 2 rings (SSSR count). The van der Waals surface area contributed by atoms with Gasteiger partial charge in [0.1, 0.15) is 0 Å². The molecule has 2 aromatic rings. The minimum absolute atomic E-state index is 0.146. The van der Waals surface area contributed by atoms with Gasteiger partial charge < -0.3 is 16.2 Å². The summed E-state index contributed by atoms with van der Waals surface area (Å²) in [7, 11) is 0. The van der Waals surface area contributed by atoms with Crippen molar-refractivity contribution < 1.29 is 14.7 Å². The minimum Gasteiger partial charge on any atom is -0.481 e. The van der Waals surface area contributed by atoms with Gasteiger partial charge in [0.25, 0.3) is 5.91 Å². The monoisotopic (exact) mass is 304 g/mol. The smallest absolute Gasteiger partial charge is 0.305 e. The molecule has 110 valence electrons. The molecule has 4 N–H and O–H groups in total. The third-order valence-electron chi connectivity index (χ3n) is 3.02. The number of nitrogens with two attached hydrogens (primary N) is 1. The van der Waals surface area contributed by atoms with Crippen molar-refractivity contribution in [2.45, 2.75) is 19.0 Å². The highest BCUT2D eigenvalue weighted by molar-refractivity contribution is 7.10. The molecule has 0 saturated heterocycles. The van der Waals surface area contributed by atoms with Crippen LogP contribution in [-0.4, -0.2) is 17.0 Å². The second-order valence-corrected chi connectivity index (χ2v) is 5.52. The number of amides is 1. The molecule has 0 spiro atoms. The van der Waals surface area contributed by atoms with Gasteiger partial charge in [0.15, 0.2) is 0 Å². The highest BCUT2D eigenvalue weighted by Gasteiger charge is 2.19. The zero-order valence-electron chi connectivity index (χ0n) is 11.3. The summed E-state index contributed by atoms with van der Waals surface area (Å²) >= 11 is 1.42. The second kappa shape index (κ2) is 7.01. The Labute approximate surface area is 126 Å². The molecule has 0 bridgehead atoms. The predicted molar refractivity (Wildman–Crippen MR) is 81.1 cm³/mol. The number of rotatable bonds is 6. The Morgan fingerprint density at radius 3 is 2.48 bits per heavy atom. The van der Waals surface area contributed by atoms with Crippen LogP contribution in [0.4, 0.5) is 0 Å². The van der Waals surface area contributed by atoms with Gasteiger partial charge in [0.05, 0.1) is 12.5 Å². The Hall–Kier alpha value is -2.18. The van der Waals surface area contributed by atoms with Crippen LogP contribution >= 0.6 is 11.3 Å². The highest BCUT2D eigenvalue weighted by atomic mass is 32.1. The highest BCUT2D eigenvalue weighted by Crippen LogP contribution is 2.22. The fourth-order valence-corrected chi connectivity index (χ4v) is 2.70. The van der Waals surface area contributed by atoms with Crippen LogP contribution in [0.5, 0.6) is 0 Å². The molecule has 0 radical (unpaired) electrons. The maximum Gasteiger partial charge on any atom is 0.305 e. The minimum atomic E-state index is -0.952. The number of hydrogen-bond donors (Lipinski definition) is 3. The summed E-state index contributed by atoms with van der Waals surface area (Å²) in [5, 5.41) is 13.6. The third-order valence-corrected chi connectivity index (χ3v) is 4.01. The fraction of sp³-hybridized carbons (Fsp3) is 0.200. The molecule has 5 nitrogen and oxygen atoms in total. The summed E-state index contributed by atoms with van der Waals surface area (Å²) in [6, 6.07) is 10.1. The molecule has 0 aliphatic rings. The Kier molecular flexibility index (Phi) is 5.08. The van der Waals surface area contributed by atoms with E-state index in [9.17, 15) is 9.59 Å². The second-order valence-electron chi connectivity index (χ2n) is 4.54.